The van der Waals surface area contributed by atoms with Crippen LogP contribution in [0.25, 0.3) is 0 Å². The van der Waals surface area contributed by atoms with E-state index in [9.17, 15) is 0 Å². The summed E-state index contributed by atoms with van der Waals surface area (Å²) >= 11 is 0. The molecule has 1 saturated heterocycles. The number of morpholine rings is 1. The molecule has 94 valence electrons. The van der Waals surface area contributed by atoms with Crippen LogP contribution >= 0.6 is 0 Å². The van der Waals surface area contributed by atoms with Crippen molar-refractivity contribution < 1.29 is 4.74 Å². The Bertz CT molecular complexity index is 196. The van der Waals surface area contributed by atoms with E-state index in [0.29, 0.717) is 6.04 Å². The van der Waals surface area contributed by atoms with Crippen molar-refractivity contribution in [1.29, 1.82) is 0 Å². The highest BCUT2D eigenvalue weighted by atomic mass is 16.5. The minimum Gasteiger partial charge on any atom is -0.379 e. The van der Waals surface area contributed by atoms with Crippen LogP contribution < -0.4 is 5.32 Å². The quantitative estimate of drug-likeness (QED) is 0.786. The Morgan fingerprint density at radius 1 is 1.31 bits per heavy atom. The minimum absolute atomic E-state index is 0.571. The lowest BCUT2D eigenvalue weighted by Crippen LogP contribution is -2.47. The lowest BCUT2D eigenvalue weighted by Gasteiger charge is -2.34. The van der Waals surface area contributed by atoms with E-state index in [1.54, 1.807) is 0 Å². The third-order valence-electron chi connectivity index (χ3n) is 4.13. The molecule has 0 spiro atoms. The fourth-order valence-corrected chi connectivity index (χ4v) is 3.23. The number of ether oxygens (including phenoxy) is 1. The summed E-state index contributed by atoms with van der Waals surface area (Å²) < 4.78 is 5.54. The molecule has 3 heteroatoms. The van der Waals surface area contributed by atoms with Crippen LogP contribution in [-0.2, 0) is 4.74 Å². The summed E-state index contributed by atoms with van der Waals surface area (Å²) in [6, 6.07) is 1.31. The molecule has 0 bridgehead atoms. The van der Waals surface area contributed by atoms with Crippen molar-refractivity contribution in [3.63, 3.8) is 0 Å². The summed E-state index contributed by atoms with van der Waals surface area (Å²) in [6.07, 6.45) is 6.97. The summed E-state index contributed by atoms with van der Waals surface area (Å²) in [5.41, 5.74) is 0. The summed E-state index contributed by atoms with van der Waals surface area (Å²) in [5, 5.41) is 3.58. The van der Waals surface area contributed by atoms with E-state index in [1.165, 1.54) is 32.1 Å². The Labute approximate surface area is 99.5 Å². The van der Waals surface area contributed by atoms with Crippen molar-refractivity contribution in [2.45, 2.75) is 44.2 Å². The third kappa shape index (κ3) is 3.19. The topological polar surface area (TPSA) is 24.5 Å². The van der Waals surface area contributed by atoms with E-state index < -0.39 is 0 Å². The molecule has 2 rings (SSSR count). The summed E-state index contributed by atoms with van der Waals surface area (Å²) in [7, 11) is 4.46. The van der Waals surface area contributed by atoms with E-state index in [-0.39, 0.29) is 0 Å². The predicted molar refractivity (Wildman–Crippen MR) is 66.7 cm³/mol. The smallest absolute Gasteiger partial charge is 0.0620 e. The molecule has 1 aliphatic carbocycles. The molecule has 0 amide bonds. The largest absolute Gasteiger partial charge is 0.379 e. The highest BCUT2D eigenvalue weighted by Crippen LogP contribution is 2.31. The molecule has 0 radical (unpaired) electrons. The van der Waals surface area contributed by atoms with Crippen LogP contribution in [-0.4, -0.2) is 50.8 Å². The maximum atomic E-state index is 5.54. The average molecular weight is 226 g/mol. The number of hydrogen-bond acceptors (Lipinski definition) is 3. The van der Waals surface area contributed by atoms with Crippen LogP contribution in [0.1, 0.15) is 32.1 Å². The SMILES string of the molecule is CN(C)C(CC1COCCN1)C1CCCC1. The lowest BCUT2D eigenvalue weighted by molar-refractivity contribution is 0.0584. The van der Waals surface area contributed by atoms with Gasteiger partial charge in [0.1, 0.15) is 0 Å². The first-order valence-corrected chi connectivity index (χ1v) is 6.75. The van der Waals surface area contributed by atoms with Crippen molar-refractivity contribution >= 4 is 0 Å². The van der Waals surface area contributed by atoms with Gasteiger partial charge in [0.25, 0.3) is 0 Å². The molecule has 1 saturated carbocycles. The van der Waals surface area contributed by atoms with Gasteiger partial charge in [-0.1, -0.05) is 12.8 Å². The molecule has 2 aliphatic rings. The van der Waals surface area contributed by atoms with Crippen molar-refractivity contribution in [3.05, 3.63) is 0 Å². The molecule has 2 atom stereocenters. The highest BCUT2D eigenvalue weighted by Gasteiger charge is 2.29. The van der Waals surface area contributed by atoms with Crippen molar-refractivity contribution in [2.24, 2.45) is 5.92 Å². The molecule has 16 heavy (non-hydrogen) atoms. The van der Waals surface area contributed by atoms with Gasteiger partial charge in [0.05, 0.1) is 13.2 Å². The predicted octanol–water partition coefficient (Wildman–Crippen LogP) is 1.49. The van der Waals surface area contributed by atoms with E-state index in [0.717, 1.165) is 31.7 Å². The van der Waals surface area contributed by atoms with Crippen molar-refractivity contribution in [2.75, 3.05) is 33.9 Å². The zero-order valence-electron chi connectivity index (χ0n) is 10.7. The van der Waals surface area contributed by atoms with Crippen LogP contribution in [0, 0.1) is 5.92 Å². The van der Waals surface area contributed by atoms with Crippen LogP contribution in [0.3, 0.4) is 0 Å². The zero-order valence-corrected chi connectivity index (χ0v) is 10.7. The van der Waals surface area contributed by atoms with Crippen LogP contribution in [0.2, 0.25) is 0 Å². The molecule has 0 aromatic heterocycles. The van der Waals surface area contributed by atoms with Gasteiger partial charge in [0.2, 0.25) is 0 Å². The molecule has 2 unspecified atom stereocenters. The Balaban J connectivity index is 1.85. The molecule has 0 aromatic rings. The van der Waals surface area contributed by atoms with Crippen molar-refractivity contribution in [3.8, 4) is 0 Å². The Kier molecular flexibility index (Phi) is 4.62. The monoisotopic (exact) mass is 226 g/mol. The summed E-state index contributed by atoms with van der Waals surface area (Å²) in [4.78, 5) is 2.42. The Hall–Kier alpha value is -0.120. The molecule has 3 nitrogen and oxygen atoms in total. The van der Waals surface area contributed by atoms with Gasteiger partial charge in [0, 0.05) is 18.6 Å². The fraction of sp³-hybridized carbons (Fsp3) is 1.00. The normalized spacial score (nSPS) is 29.8. The maximum Gasteiger partial charge on any atom is 0.0620 e. The second kappa shape index (κ2) is 5.99. The van der Waals surface area contributed by atoms with E-state index in [2.05, 4.69) is 24.3 Å². The molecular formula is C13H26N2O. The molecule has 2 fully saturated rings. The maximum absolute atomic E-state index is 5.54. The number of nitrogens with zero attached hydrogens (tertiary/aromatic N) is 1. The Morgan fingerprint density at radius 3 is 2.62 bits per heavy atom. The van der Waals surface area contributed by atoms with Crippen LogP contribution in [0.15, 0.2) is 0 Å². The minimum atomic E-state index is 0.571. The van der Waals surface area contributed by atoms with Gasteiger partial charge >= 0.3 is 0 Å². The van der Waals surface area contributed by atoms with E-state index >= 15 is 0 Å². The average Bonchev–Trinajstić information content (AvgIpc) is 2.80. The molecule has 0 aromatic carbocycles. The first-order chi connectivity index (χ1) is 7.77. The zero-order chi connectivity index (χ0) is 11.4. The van der Waals surface area contributed by atoms with Crippen molar-refractivity contribution in [1.82, 2.24) is 10.2 Å². The number of hydrogen-bond donors (Lipinski definition) is 1. The third-order valence-corrected chi connectivity index (χ3v) is 4.13. The van der Waals surface area contributed by atoms with E-state index in [4.69, 9.17) is 4.74 Å². The highest BCUT2D eigenvalue weighted by molar-refractivity contribution is 4.85. The molecule has 1 heterocycles. The standard InChI is InChI=1S/C13H26N2O/c1-15(2)13(11-5-3-4-6-11)9-12-10-16-8-7-14-12/h11-14H,3-10H2,1-2H3. The first kappa shape index (κ1) is 12.3. The fourth-order valence-electron chi connectivity index (χ4n) is 3.23. The molecular weight excluding hydrogens is 200 g/mol. The van der Waals surface area contributed by atoms with Gasteiger partial charge in [-0.3, -0.25) is 0 Å². The van der Waals surface area contributed by atoms with Gasteiger partial charge in [-0.05, 0) is 39.3 Å². The first-order valence-electron chi connectivity index (χ1n) is 6.75. The second-order valence-electron chi connectivity index (χ2n) is 5.54. The number of nitrogens with one attached hydrogen (secondary N) is 1. The lowest BCUT2D eigenvalue weighted by atomic mass is 9.91. The molecule has 1 N–H and O–H groups in total. The van der Waals surface area contributed by atoms with E-state index in [1.807, 2.05) is 0 Å². The Morgan fingerprint density at radius 2 is 2.06 bits per heavy atom. The van der Waals surface area contributed by atoms with Gasteiger partial charge in [-0.15, -0.1) is 0 Å². The number of rotatable bonds is 4. The molecule has 1 aliphatic heterocycles. The van der Waals surface area contributed by atoms with Crippen LogP contribution in [0.4, 0.5) is 0 Å². The summed E-state index contributed by atoms with van der Waals surface area (Å²) in [5.74, 6) is 0.915. The summed E-state index contributed by atoms with van der Waals surface area (Å²) in [6.45, 7) is 2.80. The van der Waals surface area contributed by atoms with Gasteiger partial charge in [-0.25, -0.2) is 0 Å². The van der Waals surface area contributed by atoms with Gasteiger partial charge in [0.15, 0.2) is 0 Å². The van der Waals surface area contributed by atoms with Crippen LogP contribution in [0.5, 0.6) is 0 Å². The van der Waals surface area contributed by atoms with Gasteiger partial charge in [-0.2, -0.15) is 0 Å². The van der Waals surface area contributed by atoms with Gasteiger partial charge < -0.3 is 15.0 Å². The second-order valence-corrected chi connectivity index (χ2v) is 5.54.